The molecule has 0 heterocycles. The van der Waals surface area contributed by atoms with Crippen LogP contribution >= 0.6 is 0 Å². The lowest BCUT2D eigenvalue weighted by Gasteiger charge is -2.07. The van der Waals surface area contributed by atoms with Crippen LogP contribution in [0.5, 0.6) is 0 Å². The van der Waals surface area contributed by atoms with Crippen molar-refractivity contribution in [3.63, 3.8) is 0 Å². The van der Waals surface area contributed by atoms with Gasteiger partial charge in [-0.2, -0.15) is 0 Å². The van der Waals surface area contributed by atoms with E-state index < -0.39 is 12.0 Å². The molecule has 0 spiro atoms. The summed E-state index contributed by atoms with van der Waals surface area (Å²) in [6, 6.07) is 13.2. The number of hydrogen-bond acceptors (Lipinski definition) is 2. The highest BCUT2D eigenvalue weighted by Gasteiger charge is 2.23. The molecule has 112 valence electrons. The van der Waals surface area contributed by atoms with E-state index >= 15 is 0 Å². The number of hydrogen-bond donors (Lipinski definition) is 3. The van der Waals surface area contributed by atoms with E-state index in [1.54, 1.807) is 18.2 Å². The topological polar surface area (TPSA) is 92.4 Å². The molecule has 1 aliphatic carbocycles. The van der Waals surface area contributed by atoms with Gasteiger partial charge in [-0.15, -0.1) is 0 Å². The lowest BCUT2D eigenvalue weighted by molar-refractivity contribution is 0.1000. The van der Waals surface area contributed by atoms with Gasteiger partial charge < -0.3 is 16.2 Å². The zero-order chi connectivity index (χ0) is 15.7. The maximum atomic E-state index is 11.3. The third-order valence-corrected chi connectivity index (χ3v) is 3.95. The molecular weight excluding hydrogens is 280 g/mol. The first-order valence-electron chi connectivity index (χ1n) is 7.04. The Balaban J connectivity index is 1.88. The molecule has 0 bridgehead atoms. The van der Waals surface area contributed by atoms with Crippen LogP contribution in [0.4, 0.5) is 4.79 Å². The van der Waals surface area contributed by atoms with Gasteiger partial charge >= 0.3 is 6.09 Å². The fourth-order valence-electron chi connectivity index (χ4n) is 2.93. The van der Waals surface area contributed by atoms with E-state index in [9.17, 15) is 9.59 Å². The van der Waals surface area contributed by atoms with Gasteiger partial charge in [-0.25, -0.2) is 4.79 Å². The third kappa shape index (κ3) is 2.79. The fraction of sp³-hybridized carbons (Fsp3) is 0.176. The number of carbonyl (C=O) groups excluding carboxylic acids is 1. The van der Waals surface area contributed by atoms with Crippen molar-refractivity contribution in [1.29, 1.82) is 0 Å². The minimum Gasteiger partial charge on any atom is -0.465 e. The van der Waals surface area contributed by atoms with E-state index in [-0.39, 0.29) is 6.04 Å². The molecule has 2 aromatic rings. The highest BCUT2D eigenvalue weighted by atomic mass is 16.4. The van der Waals surface area contributed by atoms with E-state index in [1.165, 1.54) is 0 Å². The van der Waals surface area contributed by atoms with Crippen LogP contribution in [0.15, 0.2) is 42.5 Å². The molecule has 0 aromatic heterocycles. The van der Waals surface area contributed by atoms with Gasteiger partial charge in [-0.1, -0.05) is 30.3 Å². The molecule has 22 heavy (non-hydrogen) atoms. The molecule has 5 nitrogen and oxygen atoms in total. The highest BCUT2D eigenvalue weighted by Crippen LogP contribution is 2.28. The van der Waals surface area contributed by atoms with Gasteiger partial charge in [-0.3, -0.25) is 4.79 Å². The summed E-state index contributed by atoms with van der Waals surface area (Å²) in [5.74, 6) is -0.450. The normalized spacial score (nSPS) is 16.1. The van der Waals surface area contributed by atoms with Gasteiger partial charge in [-0.05, 0) is 47.2 Å². The third-order valence-electron chi connectivity index (χ3n) is 3.95. The Labute approximate surface area is 127 Å². The molecule has 0 radical (unpaired) electrons. The monoisotopic (exact) mass is 296 g/mol. The van der Waals surface area contributed by atoms with Crippen molar-refractivity contribution < 1.29 is 14.7 Å². The summed E-state index contributed by atoms with van der Waals surface area (Å²) in [5.41, 5.74) is 10.0. The predicted octanol–water partition coefficient (Wildman–Crippen LogP) is 2.19. The number of carbonyl (C=O) groups is 2. The lowest BCUT2D eigenvalue weighted by Crippen LogP contribution is -2.33. The minimum absolute atomic E-state index is 0.0697. The number of rotatable bonds is 3. The zero-order valence-corrected chi connectivity index (χ0v) is 11.9. The molecule has 5 heteroatoms. The van der Waals surface area contributed by atoms with Crippen molar-refractivity contribution in [2.45, 2.75) is 18.9 Å². The summed E-state index contributed by atoms with van der Waals surface area (Å²) in [4.78, 5) is 22.0. The Morgan fingerprint density at radius 1 is 1.05 bits per heavy atom. The Hall–Kier alpha value is -2.82. The van der Waals surface area contributed by atoms with E-state index in [1.807, 2.05) is 18.2 Å². The van der Waals surface area contributed by atoms with Crippen molar-refractivity contribution in [1.82, 2.24) is 5.32 Å². The number of nitrogens with one attached hydrogen (secondary N) is 1. The number of nitrogens with two attached hydrogens (primary N) is 1. The molecule has 1 atom stereocenters. The summed E-state index contributed by atoms with van der Waals surface area (Å²) in [7, 11) is 0. The van der Waals surface area contributed by atoms with Crippen LogP contribution in [-0.2, 0) is 12.8 Å². The van der Waals surface area contributed by atoms with Crippen molar-refractivity contribution in [2.75, 3.05) is 0 Å². The Morgan fingerprint density at radius 2 is 1.77 bits per heavy atom. The first kappa shape index (κ1) is 14.1. The van der Waals surface area contributed by atoms with Gasteiger partial charge in [0.05, 0.1) is 0 Å². The van der Waals surface area contributed by atoms with Gasteiger partial charge in [0, 0.05) is 11.6 Å². The molecule has 3 rings (SSSR count). The molecule has 4 N–H and O–H groups in total. The Kier molecular flexibility index (Phi) is 3.55. The summed E-state index contributed by atoms with van der Waals surface area (Å²) in [6.07, 6.45) is 0.404. The molecule has 1 unspecified atom stereocenters. The summed E-state index contributed by atoms with van der Waals surface area (Å²) >= 11 is 0. The number of benzene rings is 2. The van der Waals surface area contributed by atoms with Crippen LogP contribution in [-0.4, -0.2) is 23.1 Å². The van der Waals surface area contributed by atoms with Crippen LogP contribution in [0, 0.1) is 0 Å². The van der Waals surface area contributed by atoms with Crippen LogP contribution in [0.3, 0.4) is 0 Å². The number of carboxylic acid groups (broad SMARTS) is 1. The quantitative estimate of drug-likeness (QED) is 0.810. The first-order chi connectivity index (χ1) is 10.5. The smallest absolute Gasteiger partial charge is 0.404 e. The minimum atomic E-state index is -0.993. The SMILES string of the molecule is NC(=O)c1cccc(-c2ccc3c(c2)CC(NC(=O)O)C3)c1. The van der Waals surface area contributed by atoms with Crippen LogP contribution in [0.2, 0.25) is 0 Å². The van der Waals surface area contributed by atoms with Crippen molar-refractivity contribution in [3.05, 3.63) is 59.2 Å². The van der Waals surface area contributed by atoms with Crippen molar-refractivity contribution in [3.8, 4) is 11.1 Å². The summed E-state index contributed by atoms with van der Waals surface area (Å²) < 4.78 is 0. The van der Waals surface area contributed by atoms with E-state index in [4.69, 9.17) is 10.8 Å². The molecule has 2 aromatic carbocycles. The van der Waals surface area contributed by atoms with Crippen molar-refractivity contribution >= 4 is 12.0 Å². The molecule has 0 saturated carbocycles. The molecule has 2 amide bonds. The fourth-order valence-corrected chi connectivity index (χ4v) is 2.93. The van der Waals surface area contributed by atoms with Gasteiger partial charge in [0.2, 0.25) is 5.91 Å². The standard InChI is InChI=1S/C17H16N2O3/c18-16(20)13-3-1-2-10(6-13)11-4-5-12-8-15(19-17(21)22)9-14(12)7-11/h1-7,15,19H,8-9H2,(H2,18,20)(H,21,22). The highest BCUT2D eigenvalue weighted by molar-refractivity contribution is 5.94. The maximum Gasteiger partial charge on any atom is 0.404 e. The van der Waals surface area contributed by atoms with Gasteiger partial charge in [0.25, 0.3) is 0 Å². The average Bonchev–Trinajstić information content (AvgIpc) is 2.87. The second-order valence-corrected chi connectivity index (χ2v) is 5.48. The molecule has 1 aliphatic rings. The largest absolute Gasteiger partial charge is 0.465 e. The van der Waals surface area contributed by atoms with Crippen LogP contribution in [0.1, 0.15) is 21.5 Å². The van der Waals surface area contributed by atoms with Crippen molar-refractivity contribution in [2.24, 2.45) is 5.73 Å². The van der Waals surface area contributed by atoms with Crippen LogP contribution < -0.4 is 11.1 Å². The molecule has 0 aliphatic heterocycles. The second kappa shape index (κ2) is 5.52. The number of fused-ring (bicyclic) bond motifs is 1. The van der Waals surface area contributed by atoms with E-state index in [0.717, 1.165) is 22.3 Å². The van der Waals surface area contributed by atoms with Crippen LogP contribution in [0.25, 0.3) is 11.1 Å². The molecule has 0 fully saturated rings. The predicted molar refractivity (Wildman–Crippen MR) is 82.8 cm³/mol. The number of primary amides is 1. The Bertz CT molecular complexity index is 755. The Morgan fingerprint density at radius 3 is 2.50 bits per heavy atom. The second-order valence-electron chi connectivity index (χ2n) is 5.48. The summed E-state index contributed by atoms with van der Waals surface area (Å²) in [5, 5.41) is 11.3. The molecular formula is C17H16N2O3. The first-order valence-corrected chi connectivity index (χ1v) is 7.04. The number of amides is 2. The summed E-state index contributed by atoms with van der Waals surface area (Å²) in [6.45, 7) is 0. The van der Waals surface area contributed by atoms with E-state index in [2.05, 4.69) is 11.4 Å². The zero-order valence-electron chi connectivity index (χ0n) is 11.9. The molecule has 0 saturated heterocycles. The maximum absolute atomic E-state index is 11.3. The lowest BCUT2D eigenvalue weighted by atomic mass is 9.99. The van der Waals surface area contributed by atoms with Gasteiger partial charge in [0.15, 0.2) is 0 Å². The van der Waals surface area contributed by atoms with E-state index in [0.29, 0.717) is 18.4 Å². The average molecular weight is 296 g/mol. The van der Waals surface area contributed by atoms with Gasteiger partial charge in [0.1, 0.15) is 0 Å².